The molecular weight excluding hydrogens is 448 g/mol. The molecule has 0 aromatic heterocycles. The summed E-state index contributed by atoms with van der Waals surface area (Å²) in [5.74, 6) is 0.316. The molecule has 0 amide bonds. The van der Waals surface area contributed by atoms with Crippen molar-refractivity contribution in [3.05, 3.63) is 0 Å². The Morgan fingerprint density at radius 1 is 0.483 bits per heavy atom. The van der Waals surface area contributed by atoms with Crippen LogP contribution in [0.15, 0.2) is 0 Å². The number of alkyl halides is 1. The molecule has 0 aliphatic carbocycles. The van der Waals surface area contributed by atoms with E-state index in [1.807, 2.05) is 0 Å². The van der Waals surface area contributed by atoms with Gasteiger partial charge in [0.15, 0.2) is 0 Å². The molecule has 1 atom stereocenters. The average Bonchev–Trinajstić information content (AvgIpc) is 2.74. The number of hydrogen-bond donors (Lipinski definition) is 0. The Morgan fingerprint density at radius 2 is 0.828 bits per heavy atom. The molecule has 8 nitrogen and oxygen atoms in total. The molecule has 1 unspecified atom stereocenters. The van der Waals surface area contributed by atoms with Crippen molar-refractivity contribution in [1.29, 1.82) is 0 Å². The van der Waals surface area contributed by atoms with Gasteiger partial charge in [0, 0.05) is 38.7 Å². The molecule has 0 aliphatic rings. The van der Waals surface area contributed by atoms with E-state index in [1.54, 1.807) is 14.2 Å². The highest BCUT2D eigenvalue weighted by Crippen LogP contribution is 2.03. The summed E-state index contributed by atoms with van der Waals surface area (Å²) in [7, 11) is 3.33. The maximum atomic E-state index is 5.67. The lowest BCUT2D eigenvalue weighted by Crippen LogP contribution is -2.21. The van der Waals surface area contributed by atoms with Crippen LogP contribution in [0.1, 0.15) is 12.8 Å². The van der Waals surface area contributed by atoms with Crippen LogP contribution >= 0.6 is 15.9 Å². The number of hydrogen-bond acceptors (Lipinski definition) is 8. The summed E-state index contributed by atoms with van der Waals surface area (Å²) in [5.41, 5.74) is 0. The van der Waals surface area contributed by atoms with Crippen molar-refractivity contribution in [3.63, 3.8) is 0 Å². The molecular formula is C20H41BrO8. The van der Waals surface area contributed by atoms with E-state index in [4.69, 9.17) is 37.9 Å². The number of rotatable bonds is 25. The van der Waals surface area contributed by atoms with E-state index >= 15 is 0 Å². The molecule has 0 bridgehead atoms. The van der Waals surface area contributed by atoms with Crippen LogP contribution in [0.25, 0.3) is 0 Å². The fourth-order valence-corrected chi connectivity index (χ4v) is 2.47. The lowest BCUT2D eigenvalue weighted by molar-refractivity contribution is -0.0123. The largest absolute Gasteiger partial charge is 0.382 e. The molecule has 0 heterocycles. The summed E-state index contributed by atoms with van der Waals surface area (Å²) in [6.07, 6.45) is 1.99. The molecule has 0 spiro atoms. The first-order valence-electron chi connectivity index (χ1n) is 10.3. The van der Waals surface area contributed by atoms with E-state index in [1.165, 1.54) is 0 Å². The zero-order valence-electron chi connectivity index (χ0n) is 18.2. The van der Waals surface area contributed by atoms with Gasteiger partial charge in [0.25, 0.3) is 0 Å². The van der Waals surface area contributed by atoms with Crippen LogP contribution in [-0.4, -0.2) is 112 Å². The molecule has 0 aliphatic heterocycles. The highest BCUT2D eigenvalue weighted by molar-refractivity contribution is 9.09. The van der Waals surface area contributed by atoms with Gasteiger partial charge >= 0.3 is 0 Å². The van der Waals surface area contributed by atoms with Crippen LogP contribution in [0.2, 0.25) is 0 Å². The van der Waals surface area contributed by atoms with Gasteiger partial charge in [0.1, 0.15) is 0 Å². The van der Waals surface area contributed by atoms with E-state index in [0.717, 1.165) is 31.4 Å². The molecule has 0 saturated heterocycles. The summed E-state index contributed by atoms with van der Waals surface area (Å²) < 4.78 is 42.8. The maximum Gasteiger partial charge on any atom is 0.0701 e. The Hall–Kier alpha value is 0.160. The van der Waals surface area contributed by atoms with Gasteiger partial charge in [-0.3, -0.25) is 0 Å². The van der Waals surface area contributed by atoms with Gasteiger partial charge in [-0.25, -0.2) is 0 Å². The minimum absolute atomic E-state index is 0.316. The highest BCUT2D eigenvalue weighted by atomic mass is 79.9. The monoisotopic (exact) mass is 488 g/mol. The highest BCUT2D eigenvalue weighted by Gasteiger charge is 2.07. The van der Waals surface area contributed by atoms with E-state index in [-0.39, 0.29) is 0 Å². The minimum atomic E-state index is 0.316. The van der Waals surface area contributed by atoms with Crippen LogP contribution in [0.3, 0.4) is 0 Å². The second-order valence-corrected chi connectivity index (χ2v) is 6.96. The fourth-order valence-electron chi connectivity index (χ4n) is 2.09. The Kier molecular flexibility index (Phi) is 26.3. The molecule has 0 aromatic carbocycles. The first kappa shape index (κ1) is 29.2. The lowest BCUT2D eigenvalue weighted by Gasteiger charge is -2.15. The number of halogens is 1. The molecule has 0 aromatic rings. The molecule has 0 radical (unpaired) electrons. The van der Waals surface area contributed by atoms with E-state index < -0.39 is 0 Å². The molecule has 0 fully saturated rings. The Balaban J connectivity index is 3.27. The van der Waals surface area contributed by atoms with Crippen LogP contribution in [0, 0.1) is 5.92 Å². The van der Waals surface area contributed by atoms with Gasteiger partial charge in [-0.2, -0.15) is 0 Å². The lowest BCUT2D eigenvalue weighted by atomic mass is 10.2. The molecule has 176 valence electrons. The zero-order valence-corrected chi connectivity index (χ0v) is 19.8. The summed E-state index contributed by atoms with van der Waals surface area (Å²) >= 11 is 3.50. The van der Waals surface area contributed by atoms with Crippen molar-refractivity contribution in [2.24, 2.45) is 5.92 Å². The van der Waals surface area contributed by atoms with Crippen molar-refractivity contribution in [2.75, 3.05) is 112 Å². The van der Waals surface area contributed by atoms with Crippen molar-refractivity contribution >= 4 is 15.9 Å². The van der Waals surface area contributed by atoms with E-state index in [0.29, 0.717) is 85.2 Å². The fraction of sp³-hybridized carbons (Fsp3) is 1.00. The van der Waals surface area contributed by atoms with Gasteiger partial charge in [-0.05, 0) is 12.8 Å². The second kappa shape index (κ2) is 26.2. The predicted molar refractivity (Wildman–Crippen MR) is 115 cm³/mol. The third-order valence-electron chi connectivity index (χ3n) is 3.73. The topological polar surface area (TPSA) is 73.8 Å². The summed E-state index contributed by atoms with van der Waals surface area (Å²) in [6, 6.07) is 0. The standard InChI is InChI=1S/C20H41BrO8/c1-22-7-9-24-5-3-4-6-25-13-15-28-18-20(17-21)19-29-16-14-27-12-11-26-10-8-23-2/h20H,3-19H2,1-2H3. The third kappa shape index (κ3) is 24.3. The number of ether oxygens (including phenoxy) is 8. The first-order valence-corrected chi connectivity index (χ1v) is 11.5. The van der Waals surface area contributed by atoms with Gasteiger partial charge in [-0.15, -0.1) is 0 Å². The van der Waals surface area contributed by atoms with Crippen molar-refractivity contribution in [1.82, 2.24) is 0 Å². The second-order valence-electron chi connectivity index (χ2n) is 6.31. The zero-order chi connectivity index (χ0) is 21.3. The van der Waals surface area contributed by atoms with Gasteiger partial charge in [-0.1, -0.05) is 15.9 Å². The quantitative estimate of drug-likeness (QED) is 0.143. The van der Waals surface area contributed by atoms with E-state index in [2.05, 4.69) is 15.9 Å². The summed E-state index contributed by atoms with van der Waals surface area (Å²) in [4.78, 5) is 0. The SMILES string of the molecule is COCCOCCCCOCCOCC(CBr)COCCOCCOCCOC. The molecule has 0 saturated carbocycles. The minimum Gasteiger partial charge on any atom is -0.382 e. The first-order chi connectivity index (χ1) is 14.3. The van der Waals surface area contributed by atoms with Gasteiger partial charge in [0.05, 0.1) is 79.3 Å². The smallest absolute Gasteiger partial charge is 0.0701 e. The Bertz CT molecular complexity index is 300. The summed E-state index contributed by atoms with van der Waals surface area (Å²) in [5, 5.41) is 0.838. The van der Waals surface area contributed by atoms with E-state index in [9.17, 15) is 0 Å². The van der Waals surface area contributed by atoms with Crippen molar-refractivity contribution in [3.8, 4) is 0 Å². The van der Waals surface area contributed by atoms with Gasteiger partial charge < -0.3 is 37.9 Å². The van der Waals surface area contributed by atoms with Crippen molar-refractivity contribution in [2.45, 2.75) is 12.8 Å². The van der Waals surface area contributed by atoms with Crippen molar-refractivity contribution < 1.29 is 37.9 Å². The summed E-state index contributed by atoms with van der Waals surface area (Å²) in [6.45, 7) is 8.77. The molecule has 9 heteroatoms. The molecule has 0 rings (SSSR count). The predicted octanol–water partition coefficient (Wildman–Crippen LogP) is 2.17. The normalized spacial score (nSPS) is 12.5. The number of unbranched alkanes of at least 4 members (excludes halogenated alkanes) is 1. The Labute approximate surface area is 184 Å². The molecule has 0 N–H and O–H groups in total. The van der Waals surface area contributed by atoms with Crippen LogP contribution in [0.4, 0.5) is 0 Å². The third-order valence-corrected chi connectivity index (χ3v) is 4.65. The number of methoxy groups -OCH3 is 2. The van der Waals surface area contributed by atoms with Crippen LogP contribution < -0.4 is 0 Å². The van der Waals surface area contributed by atoms with Crippen LogP contribution in [-0.2, 0) is 37.9 Å². The Morgan fingerprint density at radius 3 is 1.21 bits per heavy atom. The average molecular weight is 489 g/mol. The maximum absolute atomic E-state index is 5.67. The van der Waals surface area contributed by atoms with Gasteiger partial charge in [0.2, 0.25) is 0 Å². The molecule has 29 heavy (non-hydrogen) atoms. The van der Waals surface area contributed by atoms with Crippen LogP contribution in [0.5, 0.6) is 0 Å².